The number of aliphatic hydroxyl groups is 1. The zero-order chi connectivity index (χ0) is 18.2. The summed E-state index contributed by atoms with van der Waals surface area (Å²) < 4.78 is 7.08. The van der Waals surface area contributed by atoms with Crippen LogP contribution in [-0.2, 0) is 9.53 Å². The van der Waals surface area contributed by atoms with E-state index in [4.69, 9.17) is 4.74 Å². The van der Waals surface area contributed by atoms with E-state index in [1.165, 1.54) is 10.0 Å². The standard InChI is InChI=1S/C21H30O3Se/c1-15(2)8-7-9-16(3)21-17(13-22)12-20(23)24-19(21)14-25-18-10-5-4-6-11-18/h4-6,8,10-11,16-17,19,21-22H,7,9,12-14H2,1-3H3/t16-,17+,19-,21+/m0/s1. The van der Waals surface area contributed by atoms with Gasteiger partial charge in [0.05, 0.1) is 0 Å². The van der Waals surface area contributed by atoms with Gasteiger partial charge in [0.2, 0.25) is 0 Å². The monoisotopic (exact) mass is 410 g/mol. The summed E-state index contributed by atoms with van der Waals surface area (Å²) in [7, 11) is 0. The van der Waals surface area contributed by atoms with E-state index in [2.05, 4.69) is 51.1 Å². The van der Waals surface area contributed by atoms with Crippen molar-refractivity contribution >= 4 is 25.4 Å². The molecule has 2 rings (SSSR count). The van der Waals surface area contributed by atoms with Crippen LogP contribution in [0.5, 0.6) is 0 Å². The van der Waals surface area contributed by atoms with Crippen molar-refractivity contribution in [2.75, 3.05) is 6.61 Å². The van der Waals surface area contributed by atoms with Crippen LogP contribution in [0.15, 0.2) is 42.0 Å². The molecule has 1 aliphatic rings. The molecule has 0 radical (unpaired) electrons. The SMILES string of the molecule is CC(C)=CCC[C@H](C)[C@@H]1[C@@H](CO)CC(=O)O[C@H]1C[Se]c1ccccc1. The van der Waals surface area contributed by atoms with Crippen LogP contribution in [0, 0.1) is 17.8 Å². The molecule has 4 heteroatoms. The van der Waals surface area contributed by atoms with Crippen LogP contribution in [0.25, 0.3) is 0 Å². The molecule has 1 heterocycles. The third kappa shape index (κ3) is 6.29. The van der Waals surface area contributed by atoms with Gasteiger partial charge < -0.3 is 0 Å². The Kier molecular flexibility index (Phi) is 8.21. The molecule has 0 aromatic heterocycles. The predicted octanol–water partition coefficient (Wildman–Crippen LogP) is 3.36. The number of rotatable bonds is 8. The van der Waals surface area contributed by atoms with Gasteiger partial charge in [-0.05, 0) is 0 Å². The second kappa shape index (κ2) is 10.2. The molecule has 0 spiro atoms. The number of aliphatic hydroxyl groups excluding tert-OH is 1. The van der Waals surface area contributed by atoms with E-state index in [1.54, 1.807) is 0 Å². The van der Waals surface area contributed by atoms with Gasteiger partial charge in [0.25, 0.3) is 0 Å². The van der Waals surface area contributed by atoms with E-state index in [0.717, 1.165) is 18.2 Å². The third-order valence-corrected chi connectivity index (χ3v) is 7.22. The van der Waals surface area contributed by atoms with Crippen LogP contribution < -0.4 is 4.46 Å². The Balaban J connectivity index is 2.05. The first-order chi connectivity index (χ1) is 12.0. The molecule has 0 bridgehead atoms. The molecule has 1 aromatic carbocycles. The van der Waals surface area contributed by atoms with E-state index in [-0.39, 0.29) is 45.5 Å². The van der Waals surface area contributed by atoms with Crippen molar-refractivity contribution in [3.63, 3.8) is 0 Å². The molecule has 1 fully saturated rings. The van der Waals surface area contributed by atoms with Crippen molar-refractivity contribution in [2.24, 2.45) is 17.8 Å². The quantitative estimate of drug-likeness (QED) is 0.407. The molecule has 0 amide bonds. The van der Waals surface area contributed by atoms with Gasteiger partial charge in [0, 0.05) is 0 Å². The van der Waals surface area contributed by atoms with Crippen LogP contribution in [-0.4, -0.2) is 38.7 Å². The van der Waals surface area contributed by atoms with Gasteiger partial charge >= 0.3 is 158 Å². The Labute approximate surface area is 158 Å². The number of allylic oxidation sites excluding steroid dienone is 2. The Morgan fingerprint density at radius 1 is 1.36 bits per heavy atom. The van der Waals surface area contributed by atoms with Gasteiger partial charge in [-0.2, -0.15) is 0 Å². The molecular weight excluding hydrogens is 379 g/mol. The maximum absolute atomic E-state index is 12.0. The molecule has 1 aliphatic heterocycles. The average molecular weight is 409 g/mol. The van der Waals surface area contributed by atoms with Crippen molar-refractivity contribution in [3.8, 4) is 0 Å². The first kappa shape index (κ1) is 20.2. The molecule has 4 atom stereocenters. The van der Waals surface area contributed by atoms with Crippen LogP contribution >= 0.6 is 0 Å². The van der Waals surface area contributed by atoms with E-state index in [1.807, 2.05) is 6.07 Å². The molecule has 1 saturated heterocycles. The number of hydrogen-bond acceptors (Lipinski definition) is 3. The topological polar surface area (TPSA) is 46.5 Å². The van der Waals surface area contributed by atoms with E-state index >= 15 is 0 Å². The molecule has 25 heavy (non-hydrogen) atoms. The summed E-state index contributed by atoms with van der Waals surface area (Å²) >= 11 is 0.279. The average Bonchev–Trinajstić information content (AvgIpc) is 2.59. The molecule has 0 saturated carbocycles. The molecule has 3 nitrogen and oxygen atoms in total. The summed E-state index contributed by atoms with van der Waals surface area (Å²) in [4.78, 5) is 12.0. The van der Waals surface area contributed by atoms with Crippen molar-refractivity contribution in [3.05, 3.63) is 42.0 Å². The fourth-order valence-corrected chi connectivity index (χ4v) is 5.72. The normalized spacial score (nSPS) is 24.5. The first-order valence-electron chi connectivity index (χ1n) is 9.12. The van der Waals surface area contributed by atoms with Crippen molar-refractivity contribution in [1.29, 1.82) is 0 Å². The number of carbonyl (C=O) groups excluding carboxylic acids is 1. The first-order valence-corrected chi connectivity index (χ1v) is 11.2. The molecule has 138 valence electrons. The summed E-state index contributed by atoms with van der Waals surface area (Å²) in [6.45, 7) is 6.55. The molecular formula is C21H30O3Se. The number of carbonyl (C=O) groups is 1. The summed E-state index contributed by atoms with van der Waals surface area (Å²) in [6.07, 6.45) is 4.66. The van der Waals surface area contributed by atoms with Gasteiger partial charge in [-0.25, -0.2) is 0 Å². The second-order valence-corrected chi connectivity index (χ2v) is 9.51. The number of benzene rings is 1. The number of esters is 1. The van der Waals surface area contributed by atoms with Crippen molar-refractivity contribution in [1.82, 2.24) is 0 Å². The van der Waals surface area contributed by atoms with Crippen LogP contribution in [0.4, 0.5) is 0 Å². The van der Waals surface area contributed by atoms with Gasteiger partial charge in [-0.1, -0.05) is 0 Å². The van der Waals surface area contributed by atoms with E-state index < -0.39 is 0 Å². The summed E-state index contributed by atoms with van der Waals surface area (Å²) in [5.41, 5.74) is 1.34. The molecule has 0 unspecified atom stereocenters. The molecule has 1 N–H and O–H groups in total. The van der Waals surface area contributed by atoms with Gasteiger partial charge in [-0.3, -0.25) is 0 Å². The number of hydrogen-bond donors (Lipinski definition) is 1. The van der Waals surface area contributed by atoms with Crippen molar-refractivity contribution in [2.45, 2.75) is 51.5 Å². The summed E-state index contributed by atoms with van der Waals surface area (Å²) in [6, 6.07) is 10.4. The van der Waals surface area contributed by atoms with Gasteiger partial charge in [0.15, 0.2) is 0 Å². The van der Waals surface area contributed by atoms with Crippen LogP contribution in [0.3, 0.4) is 0 Å². The minimum atomic E-state index is -0.152. The predicted molar refractivity (Wildman–Crippen MR) is 103 cm³/mol. The van der Waals surface area contributed by atoms with E-state index in [0.29, 0.717) is 12.3 Å². The maximum atomic E-state index is 12.0. The van der Waals surface area contributed by atoms with Gasteiger partial charge in [-0.15, -0.1) is 0 Å². The Morgan fingerprint density at radius 2 is 2.08 bits per heavy atom. The fourth-order valence-electron chi connectivity index (χ4n) is 3.63. The van der Waals surface area contributed by atoms with E-state index in [9.17, 15) is 9.90 Å². The second-order valence-electron chi connectivity index (χ2n) is 7.21. The fraction of sp³-hybridized carbons (Fsp3) is 0.571. The Bertz CT molecular complexity index is 566. The van der Waals surface area contributed by atoms with Crippen LogP contribution in [0.1, 0.15) is 40.0 Å². The zero-order valence-electron chi connectivity index (χ0n) is 15.5. The van der Waals surface area contributed by atoms with Crippen LogP contribution in [0.2, 0.25) is 5.32 Å². The Morgan fingerprint density at radius 3 is 2.72 bits per heavy atom. The molecule has 0 aliphatic carbocycles. The summed E-state index contributed by atoms with van der Waals surface area (Å²) in [5.74, 6) is 0.552. The third-order valence-electron chi connectivity index (χ3n) is 4.91. The zero-order valence-corrected chi connectivity index (χ0v) is 17.2. The Hall–Kier alpha value is -1.09. The summed E-state index contributed by atoms with van der Waals surface area (Å²) in [5, 5.41) is 10.7. The molecule has 1 aromatic rings. The minimum absolute atomic E-state index is 0.0273. The number of ether oxygens (including phenoxy) is 1. The van der Waals surface area contributed by atoms with Crippen molar-refractivity contribution < 1.29 is 14.6 Å². The number of cyclic esters (lactones) is 1. The van der Waals surface area contributed by atoms with Gasteiger partial charge in [0.1, 0.15) is 0 Å².